The Morgan fingerprint density at radius 1 is 1.26 bits per heavy atom. The Morgan fingerprint density at radius 3 is 2.48 bits per heavy atom. The third-order valence-electron chi connectivity index (χ3n) is 3.15. The molecular weight excluding hydrogens is 314 g/mol. The van der Waals surface area contributed by atoms with Crippen LogP contribution in [0.4, 0.5) is 5.82 Å². The summed E-state index contributed by atoms with van der Waals surface area (Å²) in [7, 11) is -1.84. The lowest BCUT2D eigenvalue weighted by Gasteiger charge is -2.18. The summed E-state index contributed by atoms with van der Waals surface area (Å²) in [6.45, 7) is 4.70. The van der Waals surface area contributed by atoms with Gasteiger partial charge in [-0.2, -0.15) is 0 Å². The number of pyridine rings is 1. The number of rotatable bonds is 7. The van der Waals surface area contributed by atoms with Crippen molar-refractivity contribution in [2.45, 2.75) is 11.4 Å². The van der Waals surface area contributed by atoms with Gasteiger partial charge in [-0.3, -0.25) is 0 Å². The molecule has 0 fully saturated rings. The number of benzene rings is 1. The summed E-state index contributed by atoms with van der Waals surface area (Å²) in [4.78, 5) is 6.04. The van der Waals surface area contributed by atoms with Gasteiger partial charge in [0, 0.05) is 19.8 Å². The zero-order valence-electron chi connectivity index (χ0n) is 12.8. The van der Waals surface area contributed by atoms with Crippen molar-refractivity contribution in [1.82, 2.24) is 4.98 Å². The minimum Gasteiger partial charge on any atom is -0.490 e. The van der Waals surface area contributed by atoms with Crippen molar-refractivity contribution in [2.24, 2.45) is 5.14 Å². The van der Waals surface area contributed by atoms with Crippen LogP contribution in [0.2, 0.25) is 0 Å². The van der Waals surface area contributed by atoms with Gasteiger partial charge in [0.15, 0.2) is 0 Å². The molecule has 0 saturated carbocycles. The molecule has 7 heteroatoms. The highest BCUT2D eigenvalue weighted by molar-refractivity contribution is 7.89. The zero-order valence-corrected chi connectivity index (χ0v) is 13.7. The van der Waals surface area contributed by atoms with Crippen LogP contribution in [0.3, 0.4) is 0 Å². The van der Waals surface area contributed by atoms with E-state index in [1.165, 1.54) is 12.3 Å². The summed E-state index contributed by atoms with van der Waals surface area (Å²) >= 11 is 0. The lowest BCUT2D eigenvalue weighted by atomic mass is 10.2. The molecule has 0 saturated heterocycles. The SMILES string of the molecule is C=CCOc1ccc(CN(C)c2ccc(S(N)(=O)=O)cn2)cc1. The van der Waals surface area contributed by atoms with Crippen LogP contribution in [0.25, 0.3) is 0 Å². The van der Waals surface area contributed by atoms with Crippen LogP contribution in [-0.4, -0.2) is 27.1 Å². The fourth-order valence-electron chi connectivity index (χ4n) is 1.97. The molecule has 1 aromatic carbocycles. The highest BCUT2D eigenvalue weighted by atomic mass is 32.2. The van der Waals surface area contributed by atoms with E-state index in [0.717, 1.165) is 11.3 Å². The van der Waals surface area contributed by atoms with Gasteiger partial charge in [0.1, 0.15) is 23.1 Å². The van der Waals surface area contributed by atoms with Gasteiger partial charge in [0.25, 0.3) is 0 Å². The average Bonchev–Trinajstić information content (AvgIpc) is 2.53. The monoisotopic (exact) mass is 333 g/mol. The fourth-order valence-corrected chi connectivity index (χ4v) is 2.43. The van der Waals surface area contributed by atoms with Gasteiger partial charge in [-0.1, -0.05) is 24.8 Å². The summed E-state index contributed by atoms with van der Waals surface area (Å²) in [5.41, 5.74) is 1.08. The summed E-state index contributed by atoms with van der Waals surface area (Å²) < 4.78 is 27.9. The molecule has 122 valence electrons. The molecule has 0 amide bonds. The third-order valence-corrected chi connectivity index (χ3v) is 4.05. The molecule has 2 aromatic rings. The van der Waals surface area contributed by atoms with E-state index in [1.807, 2.05) is 36.2 Å². The first-order valence-corrected chi connectivity index (χ1v) is 8.47. The maximum absolute atomic E-state index is 11.2. The molecule has 1 heterocycles. The van der Waals surface area contributed by atoms with E-state index in [2.05, 4.69) is 11.6 Å². The number of nitrogens with two attached hydrogens (primary N) is 1. The molecule has 23 heavy (non-hydrogen) atoms. The van der Waals surface area contributed by atoms with Gasteiger partial charge < -0.3 is 9.64 Å². The van der Waals surface area contributed by atoms with E-state index in [0.29, 0.717) is 19.0 Å². The van der Waals surface area contributed by atoms with E-state index in [1.54, 1.807) is 12.1 Å². The number of hydrogen-bond acceptors (Lipinski definition) is 5. The van der Waals surface area contributed by atoms with Gasteiger partial charge >= 0.3 is 0 Å². The van der Waals surface area contributed by atoms with Crippen LogP contribution in [-0.2, 0) is 16.6 Å². The topological polar surface area (TPSA) is 85.5 Å². The van der Waals surface area contributed by atoms with Crippen LogP contribution in [0.5, 0.6) is 5.75 Å². The predicted octanol–water partition coefficient (Wildman–Crippen LogP) is 1.93. The smallest absolute Gasteiger partial charge is 0.239 e. The Hall–Kier alpha value is -2.38. The molecule has 0 bridgehead atoms. The predicted molar refractivity (Wildman–Crippen MR) is 89.9 cm³/mol. The van der Waals surface area contributed by atoms with Crippen molar-refractivity contribution < 1.29 is 13.2 Å². The summed E-state index contributed by atoms with van der Waals surface area (Å²) in [6.07, 6.45) is 2.95. The maximum atomic E-state index is 11.2. The van der Waals surface area contributed by atoms with Crippen molar-refractivity contribution in [3.05, 3.63) is 60.8 Å². The third kappa shape index (κ3) is 4.80. The number of ether oxygens (including phenoxy) is 1. The Balaban J connectivity index is 2.03. The van der Waals surface area contributed by atoms with E-state index < -0.39 is 10.0 Å². The average molecular weight is 333 g/mol. The molecule has 0 spiro atoms. The Bertz CT molecular complexity index is 756. The van der Waals surface area contributed by atoms with Crippen LogP contribution < -0.4 is 14.8 Å². The number of primary sulfonamides is 1. The van der Waals surface area contributed by atoms with Gasteiger partial charge in [0.2, 0.25) is 10.0 Å². The highest BCUT2D eigenvalue weighted by Crippen LogP contribution is 2.17. The second-order valence-corrected chi connectivity index (χ2v) is 6.56. The largest absolute Gasteiger partial charge is 0.490 e. The Labute approximate surface area is 136 Å². The molecule has 6 nitrogen and oxygen atoms in total. The van der Waals surface area contributed by atoms with Crippen molar-refractivity contribution >= 4 is 15.8 Å². The van der Waals surface area contributed by atoms with Crippen molar-refractivity contribution in [3.8, 4) is 5.75 Å². The second kappa shape index (κ2) is 7.26. The summed E-state index contributed by atoms with van der Waals surface area (Å²) in [5.74, 6) is 1.44. The standard InChI is InChI=1S/C16H19N3O3S/c1-3-10-22-14-6-4-13(5-7-14)12-19(2)16-9-8-15(11-18-16)23(17,20)21/h3-9,11H,1,10,12H2,2H3,(H2,17,20,21). The molecule has 0 atom stereocenters. The van der Waals surface area contributed by atoms with Crippen LogP contribution in [0.15, 0.2) is 60.1 Å². The first kappa shape index (κ1) is 17.0. The zero-order chi connectivity index (χ0) is 16.9. The van der Waals surface area contributed by atoms with Crippen molar-refractivity contribution in [3.63, 3.8) is 0 Å². The molecule has 1 aromatic heterocycles. The molecule has 2 N–H and O–H groups in total. The molecule has 0 unspecified atom stereocenters. The lowest BCUT2D eigenvalue weighted by Crippen LogP contribution is -2.18. The molecule has 0 aliphatic heterocycles. The Kier molecular flexibility index (Phi) is 5.36. The minimum absolute atomic E-state index is 0.00151. The maximum Gasteiger partial charge on any atom is 0.239 e. The molecular formula is C16H19N3O3S. The van der Waals surface area contributed by atoms with E-state index in [-0.39, 0.29) is 4.90 Å². The summed E-state index contributed by atoms with van der Waals surface area (Å²) in [5, 5.41) is 5.06. The van der Waals surface area contributed by atoms with Gasteiger partial charge in [-0.25, -0.2) is 18.5 Å². The van der Waals surface area contributed by atoms with Crippen LogP contribution >= 0.6 is 0 Å². The second-order valence-electron chi connectivity index (χ2n) is 5.00. The number of aromatic nitrogens is 1. The summed E-state index contributed by atoms with van der Waals surface area (Å²) in [6, 6.07) is 10.8. The highest BCUT2D eigenvalue weighted by Gasteiger charge is 2.10. The lowest BCUT2D eigenvalue weighted by molar-refractivity contribution is 0.363. The first-order valence-electron chi connectivity index (χ1n) is 6.93. The fraction of sp³-hybridized carbons (Fsp3) is 0.188. The number of anilines is 1. The molecule has 2 rings (SSSR count). The van der Waals surface area contributed by atoms with Crippen LogP contribution in [0.1, 0.15) is 5.56 Å². The van der Waals surface area contributed by atoms with Crippen molar-refractivity contribution in [1.29, 1.82) is 0 Å². The molecule has 0 radical (unpaired) electrons. The molecule has 0 aliphatic carbocycles. The number of nitrogens with zero attached hydrogens (tertiary/aromatic N) is 2. The van der Waals surface area contributed by atoms with E-state index in [4.69, 9.17) is 9.88 Å². The number of hydrogen-bond donors (Lipinski definition) is 1. The quantitative estimate of drug-likeness (QED) is 0.783. The van der Waals surface area contributed by atoms with Crippen molar-refractivity contribution in [2.75, 3.05) is 18.6 Å². The van der Waals surface area contributed by atoms with Gasteiger partial charge in [-0.05, 0) is 29.8 Å². The number of sulfonamides is 1. The van der Waals surface area contributed by atoms with Crippen LogP contribution in [0, 0.1) is 0 Å². The minimum atomic E-state index is -3.72. The van der Waals surface area contributed by atoms with E-state index >= 15 is 0 Å². The van der Waals surface area contributed by atoms with Gasteiger partial charge in [0.05, 0.1) is 0 Å². The van der Waals surface area contributed by atoms with E-state index in [9.17, 15) is 8.42 Å². The molecule has 0 aliphatic rings. The normalized spacial score (nSPS) is 11.0. The van der Waals surface area contributed by atoms with Gasteiger partial charge in [-0.15, -0.1) is 0 Å². The first-order chi connectivity index (χ1) is 10.9. The Morgan fingerprint density at radius 2 is 1.96 bits per heavy atom.